The molecule has 0 atom stereocenters. The molecule has 0 radical (unpaired) electrons. The zero-order chi connectivity index (χ0) is 15.2. The van der Waals surface area contributed by atoms with Gasteiger partial charge in [-0.3, -0.25) is 0 Å². The summed E-state index contributed by atoms with van der Waals surface area (Å²) in [6, 6.07) is 1.86. The average Bonchev–Trinajstić information content (AvgIpc) is 2.34. The molecule has 20 heavy (non-hydrogen) atoms. The van der Waals surface area contributed by atoms with E-state index in [1.54, 1.807) is 0 Å². The van der Waals surface area contributed by atoms with Crippen molar-refractivity contribution in [2.45, 2.75) is 52.9 Å². The predicted molar refractivity (Wildman–Crippen MR) is 84.4 cm³/mol. The molecule has 1 aromatic heterocycles. The Kier molecular flexibility index (Phi) is 5.99. The largest absolute Gasteiger partial charge is 0.477 e. The van der Waals surface area contributed by atoms with Crippen LogP contribution < -0.4 is 10.1 Å². The number of hydrogen-bond donors (Lipinski definition) is 1. The molecule has 0 bridgehead atoms. The van der Waals surface area contributed by atoms with Crippen LogP contribution in [-0.4, -0.2) is 23.1 Å². The van der Waals surface area contributed by atoms with Crippen LogP contribution in [0.3, 0.4) is 0 Å². The summed E-state index contributed by atoms with van der Waals surface area (Å²) < 4.78 is 5.72. The van der Waals surface area contributed by atoms with Crippen molar-refractivity contribution >= 4 is 5.82 Å². The molecule has 1 aromatic rings. The van der Waals surface area contributed by atoms with Crippen molar-refractivity contribution in [3.8, 4) is 5.88 Å². The summed E-state index contributed by atoms with van der Waals surface area (Å²) in [6.45, 7) is 15.8. The van der Waals surface area contributed by atoms with Crippen LogP contribution in [0.25, 0.3) is 0 Å². The second-order valence-electron chi connectivity index (χ2n) is 6.15. The van der Waals surface area contributed by atoms with E-state index in [4.69, 9.17) is 4.74 Å². The van der Waals surface area contributed by atoms with Gasteiger partial charge in [0.1, 0.15) is 11.6 Å². The van der Waals surface area contributed by atoms with Gasteiger partial charge >= 0.3 is 0 Å². The van der Waals surface area contributed by atoms with Gasteiger partial charge in [0, 0.05) is 24.4 Å². The highest BCUT2D eigenvalue weighted by molar-refractivity contribution is 5.39. The third-order valence-electron chi connectivity index (χ3n) is 2.71. The lowest BCUT2D eigenvalue weighted by Gasteiger charge is -2.19. The molecule has 0 amide bonds. The predicted octanol–water partition coefficient (Wildman–Crippen LogP) is 3.94. The first-order chi connectivity index (χ1) is 9.32. The van der Waals surface area contributed by atoms with Gasteiger partial charge < -0.3 is 10.1 Å². The fourth-order valence-corrected chi connectivity index (χ4v) is 1.51. The summed E-state index contributed by atoms with van der Waals surface area (Å²) in [7, 11) is 0. The van der Waals surface area contributed by atoms with E-state index in [0.717, 1.165) is 36.6 Å². The average molecular weight is 277 g/mol. The minimum atomic E-state index is -0.101. The van der Waals surface area contributed by atoms with Gasteiger partial charge in [0.2, 0.25) is 5.88 Å². The highest BCUT2D eigenvalue weighted by Gasteiger charge is 2.19. The van der Waals surface area contributed by atoms with Crippen molar-refractivity contribution in [1.29, 1.82) is 0 Å². The molecule has 0 aromatic carbocycles. The summed E-state index contributed by atoms with van der Waals surface area (Å²) in [5, 5.41) is 3.30. The maximum atomic E-state index is 5.72. The third kappa shape index (κ3) is 5.59. The number of hydrogen-bond acceptors (Lipinski definition) is 4. The summed E-state index contributed by atoms with van der Waals surface area (Å²) in [5.74, 6) is 2.26. The molecule has 1 heterocycles. The summed E-state index contributed by atoms with van der Waals surface area (Å²) in [4.78, 5) is 9.07. The summed E-state index contributed by atoms with van der Waals surface area (Å²) >= 11 is 0. The van der Waals surface area contributed by atoms with Gasteiger partial charge in [0.05, 0.1) is 6.61 Å². The summed E-state index contributed by atoms with van der Waals surface area (Å²) in [5.41, 5.74) is 1.01. The number of aromatic nitrogens is 2. The molecule has 0 saturated heterocycles. The lowest BCUT2D eigenvalue weighted by molar-refractivity contribution is 0.305. The highest BCUT2D eigenvalue weighted by atomic mass is 16.5. The SMILES string of the molecule is C=C(C)CCOc1cc(NCCC)nc(C(C)(C)C)n1. The van der Waals surface area contributed by atoms with Gasteiger partial charge in [-0.15, -0.1) is 6.58 Å². The Bertz CT molecular complexity index is 450. The van der Waals surface area contributed by atoms with Gasteiger partial charge in [-0.25, -0.2) is 4.98 Å². The zero-order valence-corrected chi connectivity index (χ0v) is 13.4. The standard InChI is InChI=1S/C16H27N3O/c1-7-9-17-13-11-14(20-10-8-12(2)3)19-15(18-13)16(4,5)6/h11H,2,7-10H2,1,3-6H3,(H,17,18,19). The van der Waals surface area contributed by atoms with E-state index < -0.39 is 0 Å². The van der Waals surface area contributed by atoms with E-state index in [-0.39, 0.29) is 5.41 Å². The first-order valence-electron chi connectivity index (χ1n) is 7.23. The van der Waals surface area contributed by atoms with E-state index >= 15 is 0 Å². The molecule has 0 aliphatic carbocycles. The second-order valence-corrected chi connectivity index (χ2v) is 6.15. The summed E-state index contributed by atoms with van der Waals surface area (Å²) in [6.07, 6.45) is 1.90. The van der Waals surface area contributed by atoms with Gasteiger partial charge in [-0.05, 0) is 13.3 Å². The van der Waals surface area contributed by atoms with E-state index in [9.17, 15) is 0 Å². The van der Waals surface area contributed by atoms with Gasteiger partial charge in [-0.1, -0.05) is 33.3 Å². The monoisotopic (exact) mass is 277 g/mol. The molecule has 0 aliphatic heterocycles. The number of ether oxygens (including phenoxy) is 1. The fourth-order valence-electron chi connectivity index (χ4n) is 1.51. The zero-order valence-electron chi connectivity index (χ0n) is 13.4. The molecule has 4 heteroatoms. The number of nitrogens with one attached hydrogen (secondary N) is 1. The van der Waals surface area contributed by atoms with Crippen LogP contribution in [0, 0.1) is 0 Å². The van der Waals surface area contributed by atoms with Gasteiger partial charge in [0.15, 0.2) is 0 Å². The van der Waals surface area contributed by atoms with Crippen LogP contribution in [0.1, 0.15) is 53.3 Å². The molecule has 0 aliphatic rings. The molecule has 0 fully saturated rings. The Balaban J connectivity index is 2.88. The Morgan fingerprint density at radius 3 is 2.60 bits per heavy atom. The molecule has 4 nitrogen and oxygen atoms in total. The molecular formula is C16H27N3O. The number of nitrogens with zero attached hydrogens (tertiary/aromatic N) is 2. The van der Waals surface area contributed by atoms with E-state index in [2.05, 4.69) is 49.6 Å². The van der Waals surface area contributed by atoms with E-state index in [1.165, 1.54) is 0 Å². The smallest absolute Gasteiger partial charge is 0.218 e. The van der Waals surface area contributed by atoms with E-state index in [1.807, 2.05) is 13.0 Å². The van der Waals surface area contributed by atoms with Crippen molar-refractivity contribution in [1.82, 2.24) is 9.97 Å². The molecule has 1 N–H and O–H groups in total. The minimum absolute atomic E-state index is 0.101. The molecular weight excluding hydrogens is 250 g/mol. The number of rotatable bonds is 7. The maximum Gasteiger partial charge on any atom is 0.218 e. The molecule has 0 spiro atoms. The first kappa shape index (κ1) is 16.5. The molecule has 0 saturated carbocycles. The van der Waals surface area contributed by atoms with Crippen LogP contribution in [0.15, 0.2) is 18.2 Å². The molecule has 112 valence electrons. The lowest BCUT2D eigenvalue weighted by atomic mass is 9.96. The minimum Gasteiger partial charge on any atom is -0.477 e. The van der Waals surface area contributed by atoms with Crippen molar-refractivity contribution in [3.63, 3.8) is 0 Å². The van der Waals surface area contributed by atoms with Crippen LogP contribution in [0.4, 0.5) is 5.82 Å². The topological polar surface area (TPSA) is 47.0 Å². The van der Waals surface area contributed by atoms with Crippen LogP contribution in [0.5, 0.6) is 5.88 Å². The highest BCUT2D eigenvalue weighted by Crippen LogP contribution is 2.23. The second kappa shape index (κ2) is 7.27. The maximum absolute atomic E-state index is 5.72. The van der Waals surface area contributed by atoms with Crippen molar-refractivity contribution in [2.24, 2.45) is 0 Å². The van der Waals surface area contributed by atoms with Crippen molar-refractivity contribution in [2.75, 3.05) is 18.5 Å². The van der Waals surface area contributed by atoms with Crippen LogP contribution >= 0.6 is 0 Å². The Morgan fingerprint density at radius 1 is 1.35 bits per heavy atom. The lowest BCUT2D eigenvalue weighted by Crippen LogP contribution is -2.18. The van der Waals surface area contributed by atoms with Crippen molar-refractivity contribution < 1.29 is 4.74 Å². The van der Waals surface area contributed by atoms with Gasteiger partial charge in [-0.2, -0.15) is 4.98 Å². The quantitative estimate of drug-likeness (QED) is 0.767. The molecule has 0 unspecified atom stereocenters. The van der Waals surface area contributed by atoms with Crippen LogP contribution in [-0.2, 0) is 5.41 Å². The number of anilines is 1. The van der Waals surface area contributed by atoms with Gasteiger partial charge in [0.25, 0.3) is 0 Å². The third-order valence-corrected chi connectivity index (χ3v) is 2.71. The Morgan fingerprint density at radius 2 is 2.05 bits per heavy atom. The van der Waals surface area contributed by atoms with Crippen molar-refractivity contribution in [3.05, 3.63) is 24.0 Å². The Hall–Kier alpha value is -1.58. The normalized spacial score (nSPS) is 11.2. The first-order valence-corrected chi connectivity index (χ1v) is 7.23. The molecule has 1 rings (SSSR count). The van der Waals surface area contributed by atoms with Crippen LogP contribution in [0.2, 0.25) is 0 Å². The van der Waals surface area contributed by atoms with E-state index in [0.29, 0.717) is 12.5 Å². The Labute approximate surface area is 122 Å². The fraction of sp³-hybridized carbons (Fsp3) is 0.625.